The lowest BCUT2D eigenvalue weighted by Gasteiger charge is -2.62. The van der Waals surface area contributed by atoms with Gasteiger partial charge in [0, 0.05) is 0 Å². The normalized spacial score (nSPS) is 42.2. The number of carboxylic acids is 1. The molecule has 1 heterocycles. The second-order valence-corrected chi connectivity index (χ2v) is 11.9. The third-order valence-electron chi connectivity index (χ3n) is 9.89. The summed E-state index contributed by atoms with van der Waals surface area (Å²) in [6.45, 7) is 11.1. The first-order valence-electron chi connectivity index (χ1n) is 12.0. The Balaban J connectivity index is 1.74. The molecule has 4 aliphatic rings. The van der Waals surface area contributed by atoms with Crippen LogP contribution in [-0.4, -0.2) is 39.6 Å². The summed E-state index contributed by atoms with van der Waals surface area (Å²) in [6.07, 6.45) is 2.76. The molecule has 0 radical (unpaired) electrons. The minimum atomic E-state index is -0.930. The van der Waals surface area contributed by atoms with Crippen molar-refractivity contribution in [1.82, 2.24) is 0 Å². The van der Waals surface area contributed by atoms with Crippen LogP contribution in [0.4, 0.5) is 0 Å². The van der Waals surface area contributed by atoms with E-state index in [1.807, 2.05) is 0 Å². The van der Waals surface area contributed by atoms with Crippen LogP contribution in [-0.2, 0) is 6.42 Å². The highest BCUT2D eigenvalue weighted by atomic mass is 16.5. The molecule has 32 heavy (non-hydrogen) atoms. The molecular weight excluding hydrogens is 404 g/mol. The second-order valence-electron chi connectivity index (χ2n) is 11.9. The summed E-state index contributed by atoms with van der Waals surface area (Å²) >= 11 is 0. The van der Waals surface area contributed by atoms with Gasteiger partial charge in [0.2, 0.25) is 0 Å². The van der Waals surface area contributed by atoms with Gasteiger partial charge in [0.15, 0.2) is 0 Å². The molecule has 5 heteroatoms. The van der Waals surface area contributed by atoms with Crippen LogP contribution in [0.15, 0.2) is 29.3 Å². The molecule has 0 bridgehead atoms. The molecule has 0 saturated heterocycles. The Morgan fingerprint density at radius 2 is 1.78 bits per heavy atom. The number of fused-ring (bicyclic) bond motifs is 3. The molecule has 3 N–H and O–H groups in total. The summed E-state index contributed by atoms with van der Waals surface area (Å²) in [6, 6.07) is 5.18. The smallest absolute Gasteiger partial charge is 0.335 e. The van der Waals surface area contributed by atoms with Gasteiger partial charge in [0.25, 0.3) is 0 Å². The average molecular weight is 441 g/mol. The zero-order valence-electron chi connectivity index (χ0n) is 19.8. The van der Waals surface area contributed by atoms with Crippen LogP contribution < -0.4 is 4.74 Å². The monoisotopic (exact) mass is 440 g/mol. The summed E-state index contributed by atoms with van der Waals surface area (Å²) in [5, 5.41) is 31.9. The number of aliphatic hydroxyl groups excluding tert-OH is 2. The number of carboxylic acid groups (broad SMARTS) is 1. The van der Waals surface area contributed by atoms with Crippen molar-refractivity contribution in [3.63, 3.8) is 0 Å². The van der Waals surface area contributed by atoms with Crippen molar-refractivity contribution >= 4 is 5.97 Å². The fourth-order valence-corrected chi connectivity index (χ4v) is 7.84. The molecule has 5 nitrogen and oxygen atoms in total. The van der Waals surface area contributed by atoms with Crippen LogP contribution in [0.1, 0.15) is 76.2 Å². The zero-order chi connectivity index (χ0) is 23.2. The fraction of sp³-hybridized carbons (Fsp3) is 0.667. The number of hydrogen-bond acceptors (Lipinski definition) is 4. The van der Waals surface area contributed by atoms with Crippen LogP contribution >= 0.6 is 0 Å². The molecular formula is C27H36O5. The molecule has 0 amide bonds. The van der Waals surface area contributed by atoms with E-state index in [4.69, 9.17) is 4.74 Å². The number of benzene rings is 1. The molecule has 3 aliphatic carbocycles. The van der Waals surface area contributed by atoms with Gasteiger partial charge in [-0.25, -0.2) is 4.79 Å². The van der Waals surface area contributed by atoms with E-state index in [0.717, 1.165) is 36.1 Å². The van der Waals surface area contributed by atoms with Crippen molar-refractivity contribution in [3.8, 4) is 5.75 Å². The highest BCUT2D eigenvalue weighted by molar-refractivity contribution is 5.88. The first-order chi connectivity index (χ1) is 14.9. The molecule has 0 unspecified atom stereocenters. The van der Waals surface area contributed by atoms with Crippen molar-refractivity contribution in [1.29, 1.82) is 0 Å². The molecule has 1 aromatic rings. The third-order valence-corrected chi connectivity index (χ3v) is 9.89. The highest BCUT2D eigenvalue weighted by Gasteiger charge is 2.62. The number of aliphatic hydroxyl groups is 2. The number of aromatic carboxylic acids is 1. The maximum absolute atomic E-state index is 11.6. The van der Waals surface area contributed by atoms with E-state index in [2.05, 4.69) is 34.6 Å². The number of rotatable bonds is 1. The molecule has 7 atom stereocenters. The van der Waals surface area contributed by atoms with E-state index in [9.17, 15) is 20.1 Å². The molecule has 174 valence electrons. The molecule has 0 spiro atoms. The molecule has 1 aromatic carbocycles. The summed E-state index contributed by atoms with van der Waals surface area (Å²) in [7, 11) is 0. The maximum Gasteiger partial charge on any atom is 0.335 e. The van der Waals surface area contributed by atoms with Gasteiger partial charge in [-0.05, 0) is 95.1 Å². The van der Waals surface area contributed by atoms with Crippen LogP contribution in [0.5, 0.6) is 5.75 Å². The van der Waals surface area contributed by atoms with Gasteiger partial charge >= 0.3 is 5.97 Å². The van der Waals surface area contributed by atoms with Gasteiger partial charge in [-0.1, -0.05) is 34.6 Å². The Morgan fingerprint density at radius 3 is 2.47 bits per heavy atom. The van der Waals surface area contributed by atoms with Gasteiger partial charge < -0.3 is 20.1 Å². The average Bonchev–Trinajstić information content (AvgIpc) is 2.83. The lowest BCUT2D eigenvalue weighted by molar-refractivity contribution is -0.112. The van der Waals surface area contributed by atoms with Crippen molar-refractivity contribution in [2.75, 3.05) is 0 Å². The number of ether oxygens (including phenoxy) is 1. The van der Waals surface area contributed by atoms with Crippen molar-refractivity contribution in [3.05, 3.63) is 40.5 Å². The molecule has 5 rings (SSSR count). The van der Waals surface area contributed by atoms with Crippen LogP contribution in [0, 0.1) is 28.1 Å². The van der Waals surface area contributed by atoms with E-state index in [0.29, 0.717) is 12.8 Å². The maximum atomic E-state index is 11.6. The lowest BCUT2D eigenvalue weighted by Crippen LogP contribution is -2.59. The molecule has 1 aliphatic heterocycles. The fourth-order valence-electron chi connectivity index (χ4n) is 7.84. The summed E-state index contributed by atoms with van der Waals surface area (Å²) in [5.74, 6) is 0.251. The van der Waals surface area contributed by atoms with E-state index in [-0.39, 0.29) is 45.9 Å². The van der Waals surface area contributed by atoms with Gasteiger partial charge in [-0.2, -0.15) is 0 Å². The van der Waals surface area contributed by atoms with E-state index >= 15 is 0 Å². The number of carbonyl (C=O) groups is 1. The summed E-state index contributed by atoms with van der Waals surface area (Å²) in [5.41, 5.74) is 2.93. The zero-order valence-corrected chi connectivity index (χ0v) is 19.8. The Morgan fingerprint density at radius 1 is 1.06 bits per heavy atom. The standard InChI is InChI=1S/C27H36O5/c1-14-10-17(28)22-23-19(12-20-25(2,3)21(29)8-9-26(20,22)4)32-18-7-6-15(24(30)31)11-16(18)13-27(14,23)5/h6-7,11,14,17,19-21,28-29H,8-10,12-13H2,1-5H3,(H,30,31)/t14-,17+,19-,20-,21-,26-,27+/m1/s1. The van der Waals surface area contributed by atoms with Gasteiger partial charge in [-0.15, -0.1) is 0 Å². The van der Waals surface area contributed by atoms with Gasteiger partial charge in [-0.3, -0.25) is 0 Å². The highest BCUT2D eigenvalue weighted by Crippen LogP contribution is 2.66. The predicted octanol–water partition coefficient (Wildman–Crippen LogP) is 4.60. The molecule has 0 aromatic heterocycles. The number of hydrogen-bond donors (Lipinski definition) is 3. The van der Waals surface area contributed by atoms with Crippen molar-refractivity contribution < 1.29 is 24.9 Å². The van der Waals surface area contributed by atoms with Crippen molar-refractivity contribution in [2.24, 2.45) is 28.1 Å². The quantitative estimate of drug-likeness (QED) is 0.556. The van der Waals surface area contributed by atoms with Gasteiger partial charge in [0.1, 0.15) is 11.9 Å². The summed E-state index contributed by atoms with van der Waals surface area (Å²) < 4.78 is 6.67. The van der Waals surface area contributed by atoms with E-state index in [1.54, 1.807) is 18.2 Å². The lowest BCUT2D eigenvalue weighted by atomic mass is 9.44. The topological polar surface area (TPSA) is 87.0 Å². The van der Waals surface area contributed by atoms with Gasteiger partial charge in [0.05, 0.1) is 17.8 Å². The Labute approximate surface area is 190 Å². The first-order valence-corrected chi connectivity index (χ1v) is 12.0. The minimum absolute atomic E-state index is 0.174. The Bertz CT molecular complexity index is 1010. The predicted molar refractivity (Wildman–Crippen MR) is 122 cm³/mol. The van der Waals surface area contributed by atoms with E-state index < -0.39 is 12.1 Å². The largest absolute Gasteiger partial charge is 0.486 e. The van der Waals surface area contributed by atoms with Crippen LogP contribution in [0.2, 0.25) is 0 Å². The minimum Gasteiger partial charge on any atom is -0.486 e. The third kappa shape index (κ3) is 2.80. The second kappa shape index (κ2) is 6.83. The Kier molecular flexibility index (Phi) is 4.69. The molecule has 1 fully saturated rings. The van der Waals surface area contributed by atoms with Crippen LogP contribution in [0.25, 0.3) is 0 Å². The van der Waals surface area contributed by atoms with E-state index in [1.165, 1.54) is 5.57 Å². The SMILES string of the molecule is C[C@@H]1C[C@H](O)C2=C3[C@@H](C[C@@H]4C(C)(C)[C@H](O)CC[C@@]24C)Oc2ccc(C(=O)O)cc2C[C@]31C. The molecule has 1 saturated carbocycles. The Hall–Kier alpha value is -1.85. The van der Waals surface area contributed by atoms with Crippen molar-refractivity contribution in [2.45, 2.75) is 85.0 Å². The summed E-state index contributed by atoms with van der Waals surface area (Å²) in [4.78, 5) is 11.6. The first kappa shape index (κ1) is 22.0. The van der Waals surface area contributed by atoms with Crippen LogP contribution in [0.3, 0.4) is 0 Å².